The average molecular weight is 419 g/mol. The van der Waals surface area contributed by atoms with Crippen molar-refractivity contribution in [3.05, 3.63) is 66.1 Å². The van der Waals surface area contributed by atoms with Crippen LogP contribution < -0.4 is 20.7 Å². The highest BCUT2D eigenvalue weighted by Crippen LogP contribution is 2.23. The van der Waals surface area contributed by atoms with Gasteiger partial charge in [0.15, 0.2) is 5.88 Å². The molecule has 0 saturated carbocycles. The normalized spacial score (nSPS) is 11.8. The molecular weight excluding hydrogens is 394 g/mol. The number of rotatable bonds is 9. The van der Waals surface area contributed by atoms with Crippen LogP contribution in [0.15, 0.2) is 54.9 Å². The van der Waals surface area contributed by atoms with Crippen molar-refractivity contribution < 1.29 is 14.3 Å². The zero-order valence-electron chi connectivity index (χ0n) is 17.7. The summed E-state index contributed by atoms with van der Waals surface area (Å²) in [6.07, 6.45) is 0.0177. The summed E-state index contributed by atoms with van der Waals surface area (Å²) in [6.45, 7) is 7.57. The zero-order valence-corrected chi connectivity index (χ0v) is 17.7. The predicted octanol–water partition coefficient (Wildman–Crippen LogP) is 4.65. The van der Waals surface area contributed by atoms with Crippen LogP contribution in [0.4, 0.5) is 16.2 Å². The Morgan fingerprint density at radius 3 is 2.48 bits per heavy atom. The van der Waals surface area contributed by atoms with E-state index in [1.807, 2.05) is 31.2 Å². The number of hydrogen-bond acceptors (Lipinski definition) is 6. The molecule has 3 N–H and O–H groups in total. The molecule has 31 heavy (non-hydrogen) atoms. The van der Waals surface area contributed by atoms with E-state index in [9.17, 15) is 4.79 Å². The summed E-state index contributed by atoms with van der Waals surface area (Å²) in [4.78, 5) is 12.4. The van der Waals surface area contributed by atoms with Gasteiger partial charge in [-0.25, -0.2) is 4.79 Å². The van der Waals surface area contributed by atoms with Gasteiger partial charge < -0.3 is 25.4 Å². The van der Waals surface area contributed by atoms with Gasteiger partial charge in [-0.15, -0.1) is 0 Å². The van der Waals surface area contributed by atoms with Gasteiger partial charge in [-0.2, -0.15) is 10.5 Å². The first-order valence-electron chi connectivity index (χ1n) is 9.61. The molecule has 160 valence electrons. The van der Waals surface area contributed by atoms with Gasteiger partial charge in [-0.05, 0) is 50.3 Å². The molecule has 0 bridgehead atoms. The molecular formula is C23H25N5O3. The maximum absolute atomic E-state index is 12.4. The van der Waals surface area contributed by atoms with Crippen molar-refractivity contribution in [2.45, 2.75) is 32.4 Å². The second-order valence-electron chi connectivity index (χ2n) is 6.81. The van der Waals surface area contributed by atoms with Crippen molar-refractivity contribution in [2.24, 2.45) is 0 Å². The molecule has 0 aromatic heterocycles. The summed E-state index contributed by atoms with van der Waals surface area (Å²) >= 11 is 0. The average Bonchev–Trinajstić information content (AvgIpc) is 2.73. The van der Waals surface area contributed by atoms with Crippen molar-refractivity contribution >= 4 is 17.4 Å². The molecule has 2 amide bonds. The number of carbonyl (C=O) groups is 1. The molecule has 2 rings (SSSR count). The number of amides is 2. The Morgan fingerprint density at radius 1 is 1.13 bits per heavy atom. The van der Waals surface area contributed by atoms with Gasteiger partial charge in [-0.1, -0.05) is 12.1 Å². The number of anilines is 2. The maximum atomic E-state index is 12.4. The largest absolute Gasteiger partial charge is 0.495 e. The van der Waals surface area contributed by atoms with E-state index in [1.54, 1.807) is 31.2 Å². The molecule has 0 aliphatic rings. The Kier molecular flexibility index (Phi) is 8.30. The van der Waals surface area contributed by atoms with Crippen LogP contribution in [-0.2, 0) is 4.74 Å². The van der Waals surface area contributed by atoms with E-state index < -0.39 is 6.03 Å². The fourth-order valence-electron chi connectivity index (χ4n) is 2.81. The SMILES string of the molecule is C=C(N[C@H](C)c1cccc(NC(=O)Nc2ccc(C#N)c(OC)c2)c1)OC(C)CC#N. The molecule has 0 aliphatic heterocycles. The molecule has 0 spiro atoms. The number of nitrogens with zero attached hydrogens (tertiary/aromatic N) is 2. The quantitative estimate of drug-likeness (QED) is 0.509. The Balaban J connectivity index is 1.98. The van der Waals surface area contributed by atoms with Gasteiger partial charge in [0, 0.05) is 17.4 Å². The van der Waals surface area contributed by atoms with Gasteiger partial charge in [0.25, 0.3) is 0 Å². The number of carbonyl (C=O) groups excluding carboxylic acids is 1. The second kappa shape index (κ2) is 11.1. The fourth-order valence-corrected chi connectivity index (χ4v) is 2.81. The van der Waals surface area contributed by atoms with Crippen LogP contribution in [0.3, 0.4) is 0 Å². The molecule has 0 fully saturated rings. The third-order valence-electron chi connectivity index (χ3n) is 4.32. The standard InChI is InChI=1S/C23H25N5O3/c1-15(10-11-24)31-17(3)26-16(2)18-6-5-7-20(12-18)27-23(29)28-21-9-8-19(14-25)22(13-21)30-4/h5-9,12-13,15-16,26H,3,10H2,1-2,4H3,(H2,27,28,29)/t15?,16-/m1/s1. The van der Waals surface area contributed by atoms with Crippen molar-refractivity contribution in [1.82, 2.24) is 5.32 Å². The summed E-state index contributed by atoms with van der Waals surface area (Å²) in [5, 5.41) is 26.4. The fraction of sp³-hybridized carbons (Fsp3) is 0.261. The first kappa shape index (κ1) is 23.1. The zero-order chi connectivity index (χ0) is 22.8. The number of ether oxygens (including phenoxy) is 2. The Hall–Kier alpha value is -4.17. The van der Waals surface area contributed by atoms with Gasteiger partial charge >= 0.3 is 6.03 Å². The Bertz CT molecular complexity index is 1020. The van der Waals surface area contributed by atoms with E-state index in [4.69, 9.17) is 20.0 Å². The lowest BCUT2D eigenvalue weighted by Crippen LogP contribution is -2.23. The van der Waals surface area contributed by atoms with E-state index in [-0.39, 0.29) is 18.6 Å². The van der Waals surface area contributed by atoms with Crippen molar-refractivity contribution in [2.75, 3.05) is 17.7 Å². The summed E-state index contributed by atoms with van der Waals surface area (Å²) in [6, 6.07) is 15.7. The van der Waals surface area contributed by atoms with Crippen molar-refractivity contribution in [3.8, 4) is 17.9 Å². The van der Waals surface area contributed by atoms with Gasteiger partial charge in [0.2, 0.25) is 0 Å². The van der Waals surface area contributed by atoms with Crippen LogP contribution in [0.5, 0.6) is 5.75 Å². The minimum Gasteiger partial charge on any atom is -0.495 e. The molecule has 0 aliphatic carbocycles. The number of nitrogens with one attached hydrogen (secondary N) is 3. The topological polar surface area (TPSA) is 119 Å². The van der Waals surface area contributed by atoms with Crippen LogP contribution >= 0.6 is 0 Å². The predicted molar refractivity (Wildman–Crippen MR) is 118 cm³/mol. The van der Waals surface area contributed by atoms with E-state index in [0.29, 0.717) is 28.6 Å². The van der Waals surface area contributed by atoms with E-state index in [2.05, 4.69) is 28.6 Å². The third-order valence-corrected chi connectivity index (χ3v) is 4.32. The number of nitriles is 2. The van der Waals surface area contributed by atoms with E-state index in [1.165, 1.54) is 7.11 Å². The first-order chi connectivity index (χ1) is 14.9. The molecule has 0 radical (unpaired) electrons. The monoisotopic (exact) mass is 419 g/mol. The highest BCUT2D eigenvalue weighted by molar-refractivity contribution is 6.00. The lowest BCUT2D eigenvalue weighted by Gasteiger charge is -2.21. The first-order valence-corrected chi connectivity index (χ1v) is 9.61. The van der Waals surface area contributed by atoms with Gasteiger partial charge in [0.1, 0.15) is 17.9 Å². The van der Waals surface area contributed by atoms with Gasteiger partial charge in [0.05, 0.1) is 31.2 Å². The number of methoxy groups -OCH3 is 1. The summed E-state index contributed by atoms with van der Waals surface area (Å²) < 4.78 is 10.7. The van der Waals surface area contributed by atoms with Crippen molar-refractivity contribution in [1.29, 1.82) is 10.5 Å². The van der Waals surface area contributed by atoms with Crippen LogP contribution in [-0.4, -0.2) is 19.2 Å². The molecule has 0 heterocycles. The number of hydrogen-bond donors (Lipinski definition) is 3. The molecule has 8 heteroatoms. The highest BCUT2D eigenvalue weighted by Gasteiger charge is 2.11. The van der Waals surface area contributed by atoms with Crippen LogP contribution in [0.1, 0.15) is 37.4 Å². The molecule has 2 aromatic carbocycles. The number of urea groups is 1. The smallest absolute Gasteiger partial charge is 0.323 e. The van der Waals surface area contributed by atoms with Gasteiger partial charge in [-0.3, -0.25) is 0 Å². The third kappa shape index (κ3) is 6.98. The molecule has 8 nitrogen and oxygen atoms in total. The lowest BCUT2D eigenvalue weighted by atomic mass is 10.1. The highest BCUT2D eigenvalue weighted by atomic mass is 16.5. The summed E-state index contributed by atoms with van der Waals surface area (Å²) in [5.41, 5.74) is 2.40. The van der Waals surface area contributed by atoms with Crippen LogP contribution in [0, 0.1) is 22.7 Å². The minimum atomic E-state index is -0.428. The summed E-state index contributed by atoms with van der Waals surface area (Å²) in [5.74, 6) is 0.759. The molecule has 0 saturated heterocycles. The van der Waals surface area contributed by atoms with Crippen LogP contribution in [0.2, 0.25) is 0 Å². The van der Waals surface area contributed by atoms with Crippen molar-refractivity contribution in [3.63, 3.8) is 0 Å². The molecule has 2 aromatic rings. The van der Waals surface area contributed by atoms with Crippen LogP contribution in [0.25, 0.3) is 0 Å². The maximum Gasteiger partial charge on any atom is 0.323 e. The van der Waals surface area contributed by atoms with E-state index >= 15 is 0 Å². The lowest BCUT2D eigenvalue weighted by molar-refractivity contribution is 0.116. The molecule has 2 atom stereocenters. The van der Waals surface area contributed by atoms with E-state index in [0.717, 1.165) is 5.56 Å². The summed E-state index contributed by atoms with van der Waals surface area (Å²) in [7, 11) is 1.46. The Labute approximate surface area is 182 Å². The number of benzene rings is 2. The molecule has 1 unspecified atom stereocenters. The Morgan fingerprint density at radius 2 is 1.84 bits per heavy atom. The minimum absolute atomic E-state index is 0.130. The second-order valence-corrected chi connectivity index (χ2v) is 6.81.